The summed E-state index contributed by atoms with van der Waals surface area (Å²) in [5.41, 5.74) is 0.0813. The first-order valence-corrected chi connectivity index (χ1v) is 3.95. The molecule has 1 heterocycles. The van der Waals surface area contributed by atoms with E-state index in [9.17, 15) is 4.79 Å². The molecular weight excluding hydrogens is 174 g/mol. The van der Waals surface area contributed by atoms with Gasteiger partial charge >= 0.3 is 5.97 Å². The number of aromatic nitrogens is 1. The van der Waals surface area contributed by atoms with Crippen LogP contribution in [-0.4, -0.2) is 22.7 Å². The van der Waals surface area contributed by atoms with Crippen LogP contribution in [0.15, 0.2) is 10.7 Å². The van der Waals surface area contributed by atoms with Gasteiger partial charge in [0.05, 0.1) is 6.61 Å². The SMILES string of the molecule is CCOC(=O)c1coc([C@H](C)O)n1. The van der Waals surface area contributed by atoms with E-state index in [0.717, 1.165) is 0 Å². The maximum absolute atomic E-state index is 11.1. The van der Waals surface area contributed by atoms with E-state index < -0.39 is 12.1 Å². The Labute approximate surface area is 75.3 Å². The summed E-state index contributed by atoms with van der Waals surface area (Å²) in [7, 11) is 0. The number of rotatable bonds is 3. The zero-order chi connectivity index (χ0) is 9.84. The van der Waals surface area contributed by atoms with E-state index in [-0.39, 0.29) is 18.2 Å². The number of carbonyl (C=O) groups excluding carboxylic acids is 1. The number of hydrogen-bond acceptors (Lipinski definition) is 5. The Morgan fingerprint density at radius 3 is 3.00 bits per heavy atom. The van der Waals surface area contributed by atoms with Crippen molar-refractivity contribution in [2.75, 3.05) is 6.61 Å². The van der Waals surface area contributed by atoms with Gasteiger partial charge in [-0.05, 0) is 13.8 Å². The summed E-state index contributed by atoms with van der Waals surface area (Å²) in [5.74, 6) is -0.429. The summed E-state index contributed by atoms with van der Waals surface area (Å²) in [6.45, 7) is 3.49. The molecule has 1 rings (SSSR count). The Balaban J connectivity index is 2.73. The van der Waals surface area contributed by atoms with Gasteiger partial charge in [0.2, 0.25) is 5.89 Å². The summed E-state index contributed by atoms with van der Waals surface area (Å²) in [6.07, 6.45) is 0.350. The number of aliphatic hydroxyl groups is 1. The second kappa shape index (κ2) is 4.04. The predicted molar refractivity (Wildman–Crippen MR) is 43.1 cm³/mol. The number of carbonyl (C=O) groups is 1. The molecule has 0 radical (unpaired) electrons. The monoisotopic (exact) mass is 185 g/mol. The lowest BCUT2D eigenvalue weighted by Gasteiger charge is -1.96. The van der Waals surface area contributed by atoms with Gasteiger partial charge in [-0.25, -0.2) is 9.78 Å². The standard InChI is InChI=1S/C8H11NO4/c1-3-12-8(11)6-4-13-7(9-6)5(2)10/h4-5,10H,3H2,1-2H3/t5-/m0/s1. The fraction of sp³-hybridized carbons (Fsp3) is 0.500. The van der Waals surface area contributed by atoms with Gasteiger partial charge in [0.15, 0.2) is 5.69 Å². The highest BCUT2D eigenvalue weighted by Gasteiger charge is 2.15. The van der Waals surface area contributed by atoms with Gasteiger partial charge in [0.1, 0.15) is 12.4 Å². The lowest BCUT2D eigenvalue weighted by Crippen LogP contribution is -2.05. The average Bonchev–Trinajstić information content (AvgIpc) is 2.52. The zero-order valence-corrected chi connectivity index (χ0v) is 7.48. The first kappa shape index (κ1) is 9.73. The molecule has 0 unspecified atom stereocenters. The highest BCUT2D eigenvalue weighted by molar-refractivity contribution is 5.86. The smallest absolute Gasteiger partial charge is 0.360 e. The van der Waals surface area contributed by atoms with Gasteiger partial charge in [-0.3, -0.25) is 0 Å². The van der Waals surface area contributed by atoms with Crippen LogP contribution in [-0.2, 0) is 4.74 Å². The summed E-state index contributed by atoms with van der Waals surface area (Å²) >= 11 is 0. The Morgan fingerprint density at radius 2 is 2.54 bits per heavy atom. The molecule has 0 saturated carbocycles. The van der Waals surface area contributed by atoms with Crippen LogP contribution in [0.25, 0.3) is 0 Å². The Kier molecular flexibility index (Phi) is 3.02. The Bertz CT molecular complexity index is 292. The second-order valence-corrected chi connectivity index (χ2v) is 2.47. The summed E-state index contributed by atoms with van der Waals surface area (Å²) in [5, 5.41) is 9.04. The quantitative estimate of drug-likeness (QED) is 0.708. The minimum atomic E-state index is -0.817. The van der Waals surface area contributed by atoms with E-state index in [4.69, 9.17) is 9.52 Å². The lowest BCUT2D eigenvalue weighted by atomic mass is 10.4. The number of hydrogen-bond donors (Lipinski definition) is 1. The number of nitrogens with zero attached hydrogens (tertiary/aromatic N) is 1. The molecule has 0 amide bonds. The molecule has 1 aromatic heterocycles. The molecule has 0 aromatic carbocycles. The van der Waals surface area contributed by atoms with Crippen molar-refractivity contribution in [3.05, 3.63) is 17.8 Å². The van der Waals surface area contributed by atoms with E-state index in [1.54, 1.807) is 6.92 Å². The maximum Gasteiger partial charge on any atom is 0.360 e. The van der Waals surface area contributed by atoms with Gasteiger partial charge < -0.3 is 14.3 Å². The molecule has 0 fully saturated rings. The van der Waals surface area contributed by atoms with E-state index in [2.05, 4.69) is 9.72 Å². The molecule has 5 nitrogen and oxygen atoms in total. The van der Waals surface area contributed by atoms with Gasteiger partial charge in [-0.1, -0.05) is 0 Å². The highest BCUT2D eigenvalue weighted by Crippen LogP contribution is 2.11. The molecular formula is C8H11NO4. The van der Waals surface area contributed by atoms with Crippen LogP contribution in [0.3, 0.4) is 0 Å². The summed E-state index contributed by atoms with van der Waals surface area (Å²) in [6, 6.07) is 0. The summed E-state index contributed by atoms with van der Waals surface area (Å²) < 4.78 is 9.51. The lowest BCUT2D eigenvalue weighted by molar-refractivity contribution is 0.0519. The molecule has 0 aliphatic carbocycles. The molecule has 0 spiro atoms. The van der Waals surface area contributed by atoms with Gasteiger partial charge in [-0.15, -0.1) is 0 Å². The predicted octanol–water partition coefficient (Wildman–Crippen LogP) is 0.905. The molecule has 0 aliphatic heterocycles. The largest absolute Gasteiger partial charge is 0.461 e. The van der Waals surface area contributed by atoms with Crippen molar-refractivity contribution in [3.63, 3.8) is 0 Å². The van der Waals surface area contributed by atoms with Crippen LogP contribution in [0, 0.1) is 0 Å². The van der Waals surface area contributed by atoms with E-state index in [0.29, 0.717) is 0 Å². The van der Waals surface area contributed by atoms with Crippen molar-refractivity contribution in [2.24, 2.45) is 0 Å². The minimum Gasteiger partial charge on any atom is -0.461 e. The highest BCUT2D eigenvalue weighted by atomic mass is 16.5. The van der Waals surface area contributed by atoms with E-state index in [1.165, 1.54) is 13.2 Å². The molecule has 72 valence electrons. The molecule has 1 aromatic rings. The van der Waals surface area contributed by atoms with Crippen LogP contribution in [0.5, 0.6) is 0 Å². The second-order valence-electron chi connectivity index (χ2n) is 2.47. The van der Waals surface area contributed by atoms with Crippen molar-refractivity contribution in [1.29, 1.82) is 0 Å². The van der Waals surface area contributed by atoms with Crippen LogP contribution in [0.2, 0.25) is 0 Å². The van der Waals surface area contributed by atoms with Crippen molar-refractivity contribution >= 4 is 5.97 Å². The first-order chi connectivity index (χ1) is 6.15. The fourth-order valence-corrected chi connectivity index (χ4v) is 0.778. The van der Waals surface area contributed by atoms with Crippen molar-refractivity contribution in [3.8, 4) is 0 Å². The van der Waals surface area contributed by atoms with Gasteiger partial charge in [0, 0.05) is 0 Å². The zero-order valence-electron chi connectivity index (χ0n) is 7.48. The van der Waals surface area contributed by atoms with E-state index >= 15 is 0 Å². The Hall–Kier alpha value is -1.36. The van der Waals surface area contributed by atoms with Gasteiger partial charge in [0.25, 0.3) is 0 Å². The molecule has 0 aliphatic rings. The normalized spacial score (nSPS) is 12.5. The van der Waals surface area contributed by atoms with Crippen LogP contribution in [0.4, 0.5) is 0 Å². The van der Waals surface area contributed by atoms with E-state index in [1.807, 2.05) is 0 Å². The number of oxazole rings is 1. The average molecular weight is 185 g/mol. The molecule has 0 saturated heterocycles. The molecule has 13 heavy (non-hydrogen) atoms. The third-order valence-electron chi connectivity index (χ3n) is 1.36. The molecule has 5 heteroatoms. The van der Waals surface area contributed by atoms with Crippen molar-refractivity contribution < 1.29 is 19.1 Å². The molecule has 1 N–H and O–H groups in total. The Morgan fingerprint density at radius 1 is 1.85 bits per heavy atom. The van der Waals surface area contributed by atoms with Crippen molar-refractivity contribution in [2.45, 2.75) is 20.0 Å². The van der Waals surface area contributed by atoms with Crippen LogP contribution >= 0.6 is 0 Å². The first-order valence-electron chi connectivity index (χ1n) is 3.95. The third-order valence-corrected chi connectivity index (χ3v) is 1.36. The number of esters is 1. The van der Waals surface area contributed by atoms with Gasteiger partial charge in [-0.2, -0.15) is 0 Å². The molecule has 1 atom stereocenters. The topological polar surface area (TPSA) is 72.6 Å². The molecule has 0 bridgehead atoms. The third kappa shape index (κ3) is 2.29. The van der Waals surface area contributed by atoms with Crippen molar-refractivity contribution in [1.82, 2.24) is 4.98 Å². The van der Waals surface area contributed by atoms with Crippen LogP contribution in [0.1, 0.15) is 36.3 Å². The minimum absolute atomic E-state index is 0.0813. The van der Waals surface area contributed by atoms with Crippen LogP contribution < -0.4 is 0 Å². The number of aliphatic hydroxyl groups excluding tert-OH is 1. The summed E-state index contributed by atoms with van der Waals surface area (Å²) in [4.78, 5) is 14.8. The number of ether oxygens (including phenoxy) is 1. The maximum atomic E-state index is 11.1. The fourth-order valence-electron chi connectivity index (χ4n) is 0.778.